The molecule has 1 aromatic rings. The van der Waals surface area contributed by atoms with Crippen molar-refractivity contribution in [2.75, 3.05) is 13.2 Å². The molecule has 1 N–H and O–H groups in total. The van der Waals surface area contributed by atoms with Gasteiger partial charge < -0.3 is 10.1 Å². The first-order valence-electron chi connectivity index (χ1n) is 5.53. The van der Waals surface area contributed by atoms with Crippen LogP contribution in [-0.4, -0.2) is 19.2 Å². The number of ether oxygens (including phenoxy) is 1. The molecule has 1 saturated carbocycles. The molecule has 1 aliphatic carbocycles. The predicted molar refractivity (Wildman–Crippen MR) is 69.8 cm³/mol. The molecule has 2 nitrogen and oxygen atoms in total. The first-order chi connectivity index (χ1) is 7.75. The van der Waals surface area contributed by atoms with Crippen molar-refractivity contribution in [3.05, 3.63) is 40.9 Å². The third kappa shape index (κ3) is 3.65. The van der Waals surface area contributed by atoms with Crippen molar-refractivity contribution in [3.63, 3.8) is 0 Å². The van der Waals surface area contributed by atoms with Crippen LogP contribution >= 0.6 is 15.9 Å². The fourth-order valence-electron chi connectivity index (χ4n) is 1.37. The van der Waals surface area contributed by atoms with Gasteiger partial charge in [0.15, 0.2) is 0 Å². The zero-order valence-corrected chi connectivity index (χ0v) is 10.8. The van der Waals surface area contributed by atoms with Crippen LogP contribution in [0.1, 0.15) is 12.8 Å². The van der Waals surface area contributed by atoms with Crippen molar-refractivity contribution < 1.29 is 4.74 Å². The highest BCUT2D eigenvalue weighted by atomic mass is 79.9. The van der Waals surface area contributed by atoms with E-state index < -0.39 is 0 Å². The lowest BCUT2D eigenvalue weighted by molar-refractivity contribution is 0.346. The van der Waals surface area contributed by atoms with Gasteiger partial charge in [0, 0.05) is 12.6 Å². The molecule has 1 aromatic carbocycles. The topological polar surface area (TPSA) is 21.3 Å². The summed E-state index contributed by atoms with van der Waals surface area (Å²) in [6.07, 6.45) is 2.61. The fraction of sp³-hybridized carbons (Fsp3) is 0.385. The maximum absolute atomic E-state index is 5.66. The molecule has 0 spiro atoms. The highest BCUT2D eigenvalue weighted by Crippen LogP contribution is 2.24. The van der Waals surface area contributed by atoms with Crippen molar-refractivity contribution in [3.8, 4) is 5.75 Å². The molecule has 86 valence electrons. The number of benzene rings is 1. The first-order valence-corrected chi connectivity index (χ1v) is 6.32. The second kappa shape index (κ2) is 5.51. The van der Waals surface area contributed by atoms with Gasteiger partial charge in [-0.15, -0.1) is 0 Å². The van der Waals surface area contributed by atoms with Crippen LogP contribution in [0, 0.1) is 0 Å². The SMILES string of the molecule is C=C(CNC1CC1)COc1ccccc1Br. The van der Waals surface area contributed by atoms with E-state index in [2.05, 4.69) is 27.8 Å². The van der Waals surface area contributed by atoms with Crippen LogP contribution in [-0.2, 0) is 0 Å². The predicted octanol–water partition coefficient (Wildman–Crippen LogP) is 3.14. The standard InChI is InChI=1S/C13H16BrNO/c1-10(8-15-11-6-7-11)9-16-13-5-3-2-4-12(13)14/h2-5,11,15H,1,6-9H2. The number of halogens is 1. The summed E-state index contributed by atoms with van der Waals surface area (Å²) in [5.74, 6) is 0.870. The van der Waals surface area contributed by atoms with Gasteiger partial charge in [0.1, 0.15) is 12.4 Å². The largest absolute Gasteiger partial charge is 0.488 e. The summed E-state index contributed by atoms with van der Waals surface area (Å²) in [7, 11) is 0. The van der Waals surface area contributed by atoms with E-state index >= 15 is 0 Å². The van der Waals surface area contributed by atoms with Gasteiger partial charge >= 0.3 is 0 Å². The van der Waals surface area contributed by atoms with Crippen molar-refractivity contribution in [2.45, 2.75) is 18.9 Å². The van der Waals surface area contributed by atoms with Gasteiger partial charge in [0.25, 0.3) is 0 Å². The van der Waals surface area contributed by atoms with Gasteiger partial charge in [-0.25, -0.2) is 0 Å². The number of hydrogen-bond donors (Lipinski definition) is 1. The average Bonchev–Trinajstić information content (AvgIpc) is 3.09. The Bertz CT molecular complexity index is 374. The maximum atomic E-state index is 5.66. The quantitative estimate of drug-likeness (QED) is 0.809. The maximum Gasteiger partial charge on any atom is 0.133 e. The van der Waals surface area contributed by atoms with E-state index in [-0.39, 0.29) is 0 Å². The van der Waals surface area contributed by atoms with E-state index in [1.807, 2.05) is 24.3 Å². The molecule has 0 aliphatic heterocycles. The molecule has 0 unspecified atom stereocenters. The summed E-state index contributed by atoms with van der Waals surface area (Å²) in [5, 5.41) is 3.42. The average molecular weight is 282 g/mol. The Balaban J connectivity index is 1.73. The zero-order valence-electron chi connectivity index (χ0n) is 9.21. The molecule has 3 heteroatoms. The van der Waals surface area contributed by atoms with E-state index in [1.165, 1.54) is 12.8 Å². The van der Waals surface area contributed by atoms with Gasteiger partial charge in [0.2, 0.25) is 0 Å². The Morgan fingerprint density at radius 1 is 1.44 bits per heavy atom. The zero-order chi connectivity index (χ0) is 11.4. The smallest absolute Gasteiger partial charge is 0.133 e. The van der Waals surface area contributed by atoms with Crippen LogP contribution in [0.15, 0.2) is 40.9 Å². The molecule has 16 heavy (non-hydrogen) atoms. The third-order valence-electron chi connectivity index (χ3n) is 2.49. The van der Waals surface area contributed by atoms with Crippen LogP contribution in [0.3, 0.4) is 0 Å². The summed E-state index contributed by atoms with van der Waals surface area (Å²) >= 11 is 3.45. The molecule has 2 rings (SSSR count). The number of para-hydroxylation sites is 1. The Kier molecular flexibility index (Phi) is 4.02. The van der Waals surface area contributed by atoms with Crippen LogP contribution in [0.2, 0.25) is 0 Å². The van der Waals surface area contributed by atoms with Gasteiger partial charge in [-0.3, -0.25) is 0 Å². The highest BCUT2D eigenvalue weighted by Gasteiger charge is 2.20. The van der Waals surface area contributed by atoms with Gasteiger partial charge in [0.05, 0.1) is 4.47 Å². The second-order valence-corrected chi connectivity index (χ2v) is 4.98. The van der Waals surface area contributed by atoms with E-state index in [1.54, 1.807) is 0 Å². The van der Waals surface area contributed by atoms with E-state index in [4.69, 9.17) is 4.74 Å². The normalized spacial score (nSPS) is 14.8. The molecule has 0 atom stereocenters. The lowest BCUT2D eigenvalue weighted by Crippen LogP contribution is -2.21. The molecular formula is C13H16BrNO. The highest BCUT2D eigenvalue weighted by molar-refractivity contribution is 9.10. The summed E-state index contributed by atoms with van der Waals surface area (Å²) in [5.41, 5.74) is 1.09. The van der Waals surface area contributed by atoms with E-state index in [0.717, 1.165) is 28.4 Å². The Morgan fingerprint density at radius 3 is 2.88 bits per heavy atom. The minimum atomic E-state index is 0.572. The lowest BCUT2D eigenvalue weighted by Gasteiger charge is -2.10. The molecule has 1 aliphatic rings. The van der Waals surface area contributed by atoms with E-state index in [0.29, 0.717) is 6.61 Å². The Hall–Kier alpha value is -0.800. The van der Waals surface area contributed by atoms with Gasteiger partial charge in [-0.2, -0.15) is 0 Å². The van der Waals surface area contributed by atoms with Crippen molar-refractivity contribution >= 4 is 15.9 Å². The van der Waals surface area contributed by atoms with Gasteiger partial charge in [-0.1, -0.05) is 18.7 Å². The van der Waals surface area contributed by atoms with Crippen LogP contribution in [0.5, 0.6) is 5.75 Å². The first kappa shape index (κ1) is 11.7. The van der Waals surface area contributed by atoms with Crippen molar-refractivity contribution in [1.82, 2.24) is 5.32 Å². The molecule has 0 saturated heterocycles. The minimum Gasteiger partial charge on any atom is -0.488 e. The van der Waals surface area contributed by atoms with Crippen molar-refractivity contribution in [1.29, 1.82) is 0 Å². The van der Waals surface area contributed by atoms with Crippen molar-refractivity contribution in [2.24, 2.45) is 0 Å². The third-order valence-corrected chi connectivity index (χ3v) is 3.14. The molecule has 0 heterocycles. The minimum absolute atomic E-state index is 0.572. The Labute approximate surface area is 105 Å². The molecule has 1 fully saturated rings. The summed E-state index contributed by atoms with van der Waals surface area (Å²) in [4.78, 5) is 0. The van der Waals surface area contributed by atoms with Crippen LogP contribution in [0.4, 0.5) is 0 Å². The number of nitrogens with one attached hydrogen (secondary N) is 1. The molecular weight excluding hydrogens is 266 g/mol. The monoisotopic (exact) mass is 281 g/mol. The van der Waals surface area contributed by atoms with E-state index in [9.17, 15) is 0 Å². The Morgan fingerprint density at radius 2 is 2.19 bits per heavy atom. The van der Waals surface area contributed by atoms with Gasteiger partial charge in [-0.05, 0) is 46.5 Å². The second-order valence-electron chi connectivity index (χ2n) is 4.12. The summed E-state index contributed by atoms with van der Waals surface area (Å²) < 4.78 is 6.65. The van der Waals surface area contributed by atoms with Crippen LogP contribution < -0.4 is 10.1 Å². The molecule has 0 bridgehead atoms. The van der Waals surface area contributed by atoms with Crippen LogP contribution in [0.25, 0.3) is 0 Å². The number of hydrogen-bond acceptors (Lipinski definition) is 2. The number of rotatable bonds is 6. The fourth-order valence-corrected chi connectivity index (χ4v) is 1.77. The molecule has 0 radical (unpaired) electrons. The molecule has 0 amide bonds. The summed E-state index contributed by atoms with van der Waals surface area (Å²) in [6.45, 7) is 5.42. The molecule has 0 aromatic heterocycles. The summed E-state index contributed by atoms with van der Waals surface area (Å²) in [6, 6.07) is 8.58. The lowest BCUT2D eigenvalue weighted by atomic mass is 10.3.